The Bertz CT molecular complexity index is 709. The SMILES string of the molecule is CC(C)OCC1(C)C2=C(CC(=O)NC=C2)Nc2ccc(Cl)cc21. The van der Waals surface area contributed by atoms with Gasteiger partial charge in [-0.25, -0.2) is 0 Å². The van der Waals surface area contributed by atoms with Gasteiger partial charge in [-0.2, -0.15) is 0 Å². The fourth-order valence-electron chi connectivity index (χ4n) is 3.13. The van der Waals surface area contributed by atoms with Crippen molar-refractivity contribution in [3.63, 3.8) is 0 Å². The zero-order valence-corrected chi connectivity index (χ0v) is 14.3. The van der Waals surface area contributed by atoms with Crippen molar-refractivity contribution in [2.45, 2.75) is 38.7 Å². The smallest absolute Gasteiger partial charge is 0.229 e. The maximum atomic E-state index is 11.9. The molecule has 2 aliphatic rings. The van der Waals surface area contributed by atoms with Gasteiger partial charge < -0.3 is 15.4 Å². The van der Waals surface area contributed by atoms with Gasteiger partial charge in [0, 0.05) is 28.0 Å². The van der Waals surface area contributed by atoms with Gasteiger partial charge in [0.25, 0.3) is 0 Å². The Balaban J connectivity index is 2.13. The molecule has 122 valence electrons. The molecule has 3 rings (SSSR count). The van der Waals surface area contributed by atoms with E-state index < -0.39 is 0 Å². The predicted octanol–water partition coefficient (Wildman–Crippen LogP) is 3.74. The Morgan fingerprint density at radius 1 is 1.39 bits per heavy atom. The lowest BCUT2D eigenvalue weighted by Crippen LogP contribution is -2.37. The van der Waals surface area contributed by atoms with Crippen molar-refractivity contribution in [2.75, 3.05) is 11.9 Å². The number of rotatable bonds is 3. The summed E-state index contributed by atoms with van der Waals surface area (Å²) in [4.78, 5) is 11.9. The molecule has 1 amide bonds. The molecule has 0 saturated carbocycles. The zero-order chi connectivity index (χ0) is 16.6. The van der Waals surface area contributed by atoms with Crippen LogP contribution in [0.5, 0.6) is 0 Å². The number of amides is 1. The van der Waals surface area contributed by atoms with Crippen molar-refractivity contribution < 1.29 is 9.53 Å². The van der Waals surface area contributed by atoms with Crippen LogP contribution in [0.3, 0.4) is 0 Å². The van der Waals surface area contributed by atoms with Gasteiger partial charge in [-0.1, -0.05) is 11.6 Å². The maximum absolute atomic E-state index is 11.9. The highest BCUT2D eigenvalue weighted by molar-refractivity contribution is 6.30. The first kappa shape index (κ1) is 16.1. The van der Waals surface area contributed by atoms with Gasteiger partial charge in [0.2, 0.25) is 5.91 Å². The summed E-state index contributed by atoms with van der Waals surface area (Å²) in [6.45, 7) is 6.71. The minimum Gasteiger partial charge on any atom is -0.378 e. The molecule has 2 N–H and O–H groups in total. The van der Waals surface area contributed by atoms with Crippen molar-refractivity contribution in [2.24, 2.45) is 0 Å². The number of ether oxygens (including phenoxy) is 1. The van der Waals surface area contributed by atoms with E-state index in [1.54, 1.807) is 6.20 Å². The first-order valence-electron chi connectivity index (χ1n) is 7.78. The zero-order valence-electron chi connectivity index (χ0n) is 13.6. The highest BCUT2D eigenvalue weighted by atomic mass is 35.5. The van der Waals surface area contributed by atoms with Crippen LogP contribution in [-0.2, 0) is 14.9 Å². The number of anilines is 1. The van der Waals surface area contributed by atoms with Crippen LogP contribution < -0.4 is 10.6 Å². The van der Waals surface area contributed by atoms with E-state index in [1.807, 2.05) is 38.1 Å². The molecule has 1 aromatic rings. The Labute approximate surface area is 141 Å². The highest BCUT2D eigenvalue weighted by Crippen LogP contribution is 2.45. The van der Waals surface area contributed by atoms with E-state index in [0.29, 0.717) is 18.1 Å². The van der Waals surface area contributed by atoms with Gasteiger partial charge in [0.1, 0.15) is 0 Å². The Hall–Kier alpha value is -1.78. The number of carbonyl (C=O) groups is 1. The molecule has 0 spiro atoms. The summed E-state index contributed by atoms with van der Waals surface area (Å²) in [7, 11) is 0. The second-order valence-corrected chi connectivity index (χ2v) is 6.91. The third-order valence-electron chi connectivity index (χ3n) is 4.32. The lowest BCUT2D eigenvalue weighted by Gasteiger charge is -2.39. The van der Waals surface area contributed by atoms with Crippen LogP contribution in [0.2, 0.25) is 5.02 Å². The van der Waals surface area contributed by atoms with Crippen LogP contribution in [0.15, 0.2) is 41.7 Å². The number of hydrogen-bond acceptors (Lipinski definition) is 3. The van der Waals surface area contributed by atoms with Gasteiger partial charge >= 0.3 is 0 Å². The van der Waals surface area contributed by atoms with Gasteiger partial charge in [-0.15, -0.1) is 0 Å². The van der Waals surface area contributed by atoms with Gasteiger partial charge in [0.05, 0.1) is 19.1 Å². The predicted molar refractivity (Wildman–Crippen MR) is 92.4 cm³/mol. The molecule has 0 bridgehead atoms. The minimum atomic E-state index is -0.367. The first-order valence-corrected chi connectivity index (χ1v) is 8.16. The van der Waals surface area contributed by atoms with Crippen molar-refractivity contribution in [3.05, 3.63) is 52.3 Å². The minimum absolute atomic E-state index is 0.0247. The number of halogens is 1. The average Bonchev–Trinajstić information content (AvgIpc) is 2.68. The molecule has 5 heteroatoms. The van der Waals surface area contributed by atoms with E-state index in [1.165, 1.54) is 0 Å². The van der Waals surface area contributed by atoms with Crippen LogP contribution >= 0.6 is 11.6 Å². The summed E-state index contributed by atoms with van der Waals surface area (Å²) in [6.07, 6.45) is 4.11. The largest absolute Gasteiger partial charge is 0.378 e. The third kappa shape index (κ3) is 3.01. The van der Waals surface area contributed by atoms with E-state index in [2.05, 4.69) is 17.6 Å². The maximum Gasteiger partial charge on any atom is 0.229 e. The lowest BCUT2D eigenvalue weighted by molar-refractivity contribution is -0.119. The molecule has 2 aliphatic heterocycles. The fourth-order valence-corrected chi connectivity index (χ4v) is 3.30. The van der Waals surface area contributed by atoms with E-state index in [4.69, 9.17) is 16.3 Å². The van der Waals surface area contributed by atoms with Crippen molar-refractivity contribution in [1.29, 1.82) is 0 Å². The van der Waals surface area contributed by atoms with Crippen LogP contribution in [0, 0.1) is 0 Å². The lowest BCUT2D eigenvalue weighted by atomic mass is 9.72. The van der Waals surface area contributed by atoms with Crippen molar-refractivity contribution >= 4 is 23.2 Å². The number of carbonyl (C=O) groups excluding carboxylic acids is 1. The molecular formula is C18H21ClN2O2. The summed E-state index contributed by atoms with van der Waals surface area (Å²) < 4.78 is 5.95. The molecule has 2 heterocycles. The molecule has 1 unspecified atom stereocenters. The molecule has 23 heavy (non-hydrogen) atoms. The van der Waals surface area contributed by atoms with E-state index in [0.717, 1.165) is 22.5 Å². The molecule has 1 atom stereocenters. The van der Waals surface area contributed by atoms with Crippen LogP contribution in [0.1, 0.15) is 32.8 Å². The van der Waals surface area contributed by atoms with E-state index in [-0.39, 0.29) is 17.4 Å². The van der Waals surface area contributed by atoms with E-state index >= 15 is 0 Å². The van der Waals surface area contributed by atoms with Gasteiger partial charge in [0.15, 0.2) is 0 Å². The number of hydrogen-bond donors (Lipinski definition) is 2. The molecule has 4 nitrogen and oxygen atoms in total. The summed E-state index contributed by atoms with van der Waals surface area (Å²) in [5.74, 6) is -0.0247. The molecule has 0 aliphatic carbocycles. The van der Waals surface area contributed by atoms with Crippen LogP contribution in [0.25, 0.3) is 0 Å². The third-order valence-corrected chi connectivity index (χ3v) is 4.55. The topological polar surface area (TPSA) is 50.4 Å². The molecule has 0 radical (unpaired) electrons. The normalized spacial score (nSPS) is 23.1. The number of nitrogens with one attached hydrogen (secondary N) is 2. The summed E-state index contributed by atoms with van der Waals surface area (Å²) in [6, 6.07) is 5.79. The van der Waals surface area contributed by atoms with Crippen LogP contribution in [0.4, 0.5) is 5.69 Å². The Kier molecular flexibility index (Phi) is 4.21. The number of benzene rings is 1. The molecule has 0 fully saturated rings. The average molecular weight is 333 g/mol. The van der Waals surface area contributed by atoms with Crippen molar-refractivity contribution in [3.8, 4) is 0 Å². The monoisotopic (exact) mass is 332 g/mol. The van der Waals surface area contributed by atoms with Crippen molar-refractivity contribution in [1.82, 2.24) is 5.32 Å². The highest BCUT2D eigenvalue weighted by Gasteiger charge is 2.39. The first-order chi connectivity index (χ1) is 10.9. The molecule has 0 aromatic heterocycles. The number of fused-ring (bicyclic) bond motifs is 1. The Morgan fingerprint density at radius 2 is 2.17 bits per heavy atom. The van der Waals surface area contributed by atoms with Crippen LogP contribution in [-0.4, -0.2) is 18.6 Å². The molecular weight excluding hydrogens is 312 g/mol. The fraction of sp³-hybridized carbons (Fsp3) is 0.389. The van der Waals surface area contributed by atoms with E-state index in [9.17, 15) is 4.79 Å². The van der Waals surface area contributed by atoms with Gasteiger partial charge in [-0.3, -0.25) is 4.79 Å². The summed E-state index contributed by atoms with van der Waals surface area (Å²) in [5.41, 5.74) is 3.68. The second-order valence-electron chi connectivity index (χ2n) is 6.48. The number of allylic oxidation sites excluding steroid dienone is 1. The standard InChI is InChI=1S/C18H21ClN2O2/c1-11(2)23-10-18(3)13-6-7-20-17(22)9-16(13)21-15-5-4-12(19)8-14(15)18/h4-8,11,21H,9-10H2,1-3H3,(H,20,22). The second kappa shape index (κ2) is 6.02. The summed E-state index contributed by atoms with van der Waals surface area (Å²) in [5, 5.41) is 6.86. The molecule has 1 aromatic carbocycles. The summed E-state index contributed by atoms with van der Waals surface area (Å²) >= 11 is 6.23. The Morgan fingerprint density at radius 3 is 2.91 bits per heavy atom. The van der Waals surface area contributed by atoms with Gasteiger partial charge in [-0.05, 0) is 56.2 Å². The molecule has 0 saturated heterocycles. The quantitative estimate of drug-likeness (QED) is 0.886.